The second-order valence-corrected chi connectivity index (χ2v) is 8.40. The standard InChI is InChI=1S/C24H26N2O3/c27-22(21-7-4-14-29-21)26-13-10-17-8-9-20(15-18(17)16-26)25-23(28)24(11-12-24)19-5-2-1-3-6-19/h1-3,5-6,8-9,15,21H,4,7,10-14,16H2,(H,25,28)/t21-/m1/s1. The zero-order valence-electron chi connectivity index (χ0n) is 16.5. The number of hydrogen-bond donors (Lipinski definition) is 1. The Hall–Kier alpha value is -2.66. The first kappa shape index (κ1) is 18.4. The predicted octanol–water partition coefficient (Wildman–Crippen LogP) is 3.42. The van der Waals surface area contributed by atoms with Crippen molar-refractivity contribution in [2.24, 2.45) is 0 Å². The van der Waals surface area contributed by atoms with Gasteiger partial charge in [-0.1, -0.05) is 36.4 Å². The number of carbonyl (C=O) groups excluding carboxylic acids is 2. The zero-order valence-corrected chi connectivity index (χ0v) is 16.5. The fourth-order valence-corrected chi connectivity index (χ4v) is 4.58. The molecule has 2 amide bonds. The molecule has 1 saturated carbocycles. The molecule has 1 saturated heterocycles. The third kappa shape index (κ3) is 3.44. The van der Waals surface area contributed by atoms with Crippen molar-refractivity contribution in [3.63, 3.8) is 0 Å². The van der Waals surface area contributed by atoms with Gasteiger partial charge in [-0.25, -0.2) is 0 Å². The molecule has 2 aromatic carbocycles. The van der Waals surface area contributed by atoms with E-state index in [4.69, 9.17) is 4.74 Å². The van der Waals surface area contributed by atoms with E-state index < -0.39 is 0 Å². The molecule has 0 bridgehead atoms. The first-order valence-electron chi connectivity index (χ1n) is 10.5. The highest BCUT2D eigenvalue weighted by atomic mass is 16.5. The van der Waals surface area contributed by atoms with Crippen LogP contribution in [0.25, 0.3) is 0 Å². The lowest BCUT2D eigenvalue weighted by molar-refractivity contribution is -0.141. The van der Waals surface area contributed by atoms with Crippen LogP contribution >= 0.6 is 0 Å². The van der Waals surface area contributed by atoms with Crippen molar-refractivity contribution >= 4 is 17.5 Å². The van der Waals surface area contributed by atoms with E-state index in [-0.39, 0.29) is 23.3 Å². The molecule has 1 N–H and O–H groups in total. The van der Waals surface area contributed by atoms with Crippen molar-refractivity contribution < 1.29 is 14.3 Å². The Morgan fingerprint density at radius 2 is 1.90 bits per heavy atom. The quantitative estimate of drug-likeness (QED) is 0.870. The molecule has 2 fully saturated rings. The molecule has 0 unspecified atom stereocenters. The van der Waals surface area contributed by atoms with Crippen LogP contribution in [0.15, 0.2) is 48.5 Å². The maximum absolute atomic E-state index is 13.0. The summed E-state index contributed by atoms with van der Waals surface area (Å²) in [5.74, 6) is 0.162. The monoisotopic (exact) mass is 390 g/mol. The summed E-state index contributed by atoms with van der Waals surface area (Å²) in [5, 5.41) is 3.13. The molecule has 0 spiro atoms. The number of carbonyl (C=O) groups is 2. The number of nitrogens with zero attached hydrogens (tertiary/aromatic N) is 1. The van der Waals surface area contributed by atoms with Gasteiger partial charge >= 0.3 is 0 Å². The van der Waals surface area contributed by atoms with Crippen LogP contribution in [0, 0.1) is 0 Å². The van der Waals surface area contributed by atoms with E-state index in [0.29, 0.717) is 13.2 Å². The maximum atomic E-state index is 13.0. The highest BCUT2D eigenvalue weighted by Crippen LogP contribution is 2.49. The van der Waals surface area contributed by atoms with Gasteiger partial charge in [0.05, 0.1) is 5.41 Å². The van der Waals surface area contributed by atoms with Crippen molar-refractivity contribution in [2.45, 2.75) is 50.2 Å². The zero-order chi connectivity index (χ0) is 19.8. The van der Waals surface area contributed by atoms with E-state index in [0.717, 1.165) is 55.5 Å². The summed E-state index contributed by atoms with van der Waals surface area (Å²) in [6, 6.07) is 16.1. The van der Waals surface area contributed by atoms with Crippen LogP contribution in [0.5, 0.6) is 0 Å². The van der Waals surface area contributed by atoms with Gasteiger partial charge < -0.3 is 15.0 Å². The summed E-state index contributed by atoms with van der Waals surface area (Å²) >= 11 is 0. The Morgan fingerprint density at radius 1 is 1.07 bits per heavy atom. The summed E-state index contributed by atoms with van der Waals surface area (Å²) in [5.41, 5.74) is 3.87. The van der Waals surface area contributed by atoms with Gasteiger partial charge in [-0.3, -0.25) is 9.59 Å². The molecule has 0 radical (unpaired) electrons. The summed E-state index contributed by atoms with van der Waals surface area (Å²) < 4.78 is 5.57. The van der Waals surface area contributed by atoms with Crippen LogP contribution < -0.4 is 5.32 Å². The molecule has 150 valence electrons. The molecule has 5 heteroatoms. The third-order valence-corrected chi connectivity index (χ3v) is 6.50. The lowest BCUT2D eigenvalue weighted by Gasteiger charge is -2.31. The Morgan fingerprint density at radius 3 is 2.62 bits per heavy atom. The van der Waals surface area contributed by atoms with Crippen LogP contribution in [-0.2, 0) is 32.7 Å². The van der Waals surface area contributed by atoms with Crippen molar-refractivity contribution in [2.75, 3.05) is 18.5 Å². The summed E-state index contributed by atoms with van der Waals surface area (Å²) in [7, 11) is 0. The van der Waals surface area contributed by atoms with Gasteiger partial charge in [-0.2, -0.15) is 0 Å². The van der Waals surface area contributed by atoms with Crippen molar-refractivity contribution in [3.05, 3.63) is 65.2 Å². The largest absolute Gasteiger partial charge is 0.368 e. The highest BCUT2D eigenvalue weighted by molar-refractivity contribution is 6.01. The fraction of sp³-hybridized carbons (Fsp3) is 0.417. The van der Waals surface area contributed by atoms with Crippen molar-refractivity contribution in [3.8, 4) is 0 Å². The molecule has 3 aliphatic rings. The minimum atomic E-state index is -0.390. The van der Waals surface area contributed by atoms with Crippen LogP contribution in [0.3, 0.4) is 0 Å². The van der Waals surface area contributed by atoms with Gasteiger partial charge in [0.25, 0.3) is 5.91 Å². The fourth-order valence-electron chi connectivity index (χ4n) is 4.58. The van der Waals surface area contributed by atoms with E-state index in [1.54, 1.807) is 0 Å². The molecule has 1 aliphatic carbocycles. The number of amides is 2. The lowest BCUT2D eigenvalue weighted by atomic mass is 9.94. The summed E-state index contributed by atoms with van der Waals surface area (Å²) in [6.45, 7) is 2.00. The molecule has 0 aromatic heterocycles. The van der Waals surface area contributed by atoms with E-state index in [1.807, 2.05) is 47.4 Å². The van der Waals surface area contributed by atoms with Gasteiger partial charge in [0, 0.05) is 25.4 Å². The normalized spacial score (nSPS) is 22.1. The van der Waals surface area contributed by atoms with Crippen molar-refractivity contribution in [1.82, 2.24) is 4.90 Å². The number of ether oxygens (including phenoxy) is 1. The molecule has 29 heavy (non-hydrogen) atoms. The first-order chi connectivity index (χ1) is 14.2. The van der Waals surface area contributed by atoms with E-state index >= 15 is 0 Å². The van der Waals surface area contributed by atoms with Gasteiger partial charge in [-0.15, -0.1) is 0 Å². The van der Waals surface area contributed by atoms with Crippen LogP contribution in [0.2, 0.25) is 0 Å². The SMILES string of the molecule is O=C([C@H]1CCCO1)N1CCc2ccc(NC(=O)C3(c4ccccc4)CC3)cc2C1. The first-order valence-corrected chi connectivity index (χ1v) is 10.5. The topological polar surface area (TPSA) is 58.6 Å². The van der Waals surface area contributed by atoms with Crippen LogP contribution in [0.4, 0.5) is 5.69 Å². The molecule has 1 atom stereocenters. The number of hydrogen-bond acceptors (Lipinski definition) is 3. The molecule has 2 heterocycles. The smallest absolute Gasteiger partial charge is 0.252 e. The average Bonchev–Trinajstić information content (AvgIpc) is 3.40. The van der Waals surface area contributed by atoms with Gasteiger partial charge in [0.2, 0.25) is 5.91 Å². The third-order valence-electron chi connectivity index (χ3n) is 6.50. The molecule has 5 rings (SSSR count). The van der Waals surface area contributed by atoms with E-state index in [2.05, 4.69) is 11.4 Å². The molecule has 2 aliphatic heterocycles. The minimum Gasteiger partial charge on any atom is -0.368 e. The Kier molecular flexibility index (Phi) is 4.63. The second-order valence-electron chi connectivity index (χ2n) is 8.40. The Bertz CT molecular complexity index is 930. The Balaban J connectivity index is 1.30. The number of fused-ring (bicyclic) bond motifs is 1. The van der Waals surface area contributed by atoms with E-state index in [9.17, 15) is 9.59 Å². The number of benzene rings is 2. The predicted molar refractivity (Wildman–Crippen MR) is 111 cm³/mol. The van der Waals surface area contributed by atoms with Gasteiger partial charge in [-0.05, 0) is 60.9 Å². The Labute approximate surface area is 171 Å². The van der Waals surface area contributed by atoms with Gasteiger partial charge in [0.1, 0.15) is 6.10 Å². The van der Waals surface area contributed by atoms with Crippen LogP contribution in [0.1, 0.15) is 42.4 Å². The van der Waals surface area contributed by atoms with Crippen LogP contribution in [-0.4, -0.2) is 36.0 Å². The van der Waals surface area contributed by atoms with Crippen molar-refractivity contribution in [1.29, 1.82) is 0 Å². The average molecular weight is 390 g/mol. The minimum absolute atomic E-state index is 0.0618. The number of anilines is 1. The molecule has 5 nitrogen and oxygen atoms in total. The molecular formula is C24H26N2O3. The van der Waals surface area contributed by atoms with Gasteiger partial charge in [0.15, 0.2) is 0 Å². The molecule has 2 aromatic rings. The highest BCUT2D eigenvalue weighted by Gasteiger charge is 2.51. The van der Waals surface area contributed by atoms with E-state index in [1.165, 1.54) is 5.56 Å². The summed E-state index contributed by atoms with van der Waals surface area (Å²) in [6.07, 6.45) is 4.12. The second kappa shape index (κ2) is 7.30. The maximum Gasteiger partial charge on any atom is 0.252 e. The lowest BCUT2D eigenvalue weighted by Crippen LogP contribution is -2.41. The number of rotatable bonds is 4. The summed E-state index contributed by atoms with van der Waals surface area (Å²) in [4.78, 5) is 27.6. The number of nitrogens with one attached hydrogen (secondary N) is 1. The molecular weight excluding hydrogens is 364 g/mol.